The summed E-state index contributed by atoms with van der Waals surface area (Å²) in [4.78, 5) is 11.6. The van der Waals surface area contributed by atoms with Gasteiger partial charge in [0, 0.05) is 6.54 Å². The van der Waals surface area contributed by atoms with Crippen LogP contribution in [0.1, 0.15) is 32.8 Å². The van der Waals surface area contributed by atoms with Gasteiger partial charge in [0.05, 0.1) is 12.5 Å². The predicted molar refractivity (Wildman–Crippen MR) is 73.2 cm³/mol. The SMILES string of the molecule is CC(C)(C)[C@H](O)CCNC(=O)Cc1ccc(F)cc1. The molecule has 3 nitrogen and oxygen atoms in total. The zero-order chi connectivity index (χ0) is 14.5. The summed E-state index contributed by atoms with van der Waals surface area (Å²) in [5.41, 5.74) is 0.595. The molecule has 2 N–H and O–H groups in total. The fraction of sp³-hybridized carbons (Fsp3) is 0.533. The van der Waals surface area contributed by atoms with Crippen LogP contribution in [-0.2, 0) is 11.2 Å². The highest BCUT2D eigenvalue weighted by atomic mass is 19.1. The van der Waals surface area contributed by atoms with Crippen molar-refractivity contribution < 1.29 is 14.3 Å². The molecule has 0 aliphatic rings. The molecule has 1 amide bonds. The Labute approximate surface area is 113 Å². The molecule has 0 aromatic heterocycles. The Balaban J connectivity index is 2.31. The molecule has 0 heterocycles. The van der Waals surface area contributed by atoms with E-state index in [4.69, 9.17) is 0 Å². The van der Waals surface area contributed by atoms with Crippen molar-refractivity contribution in [1.29, 1.82) is 0 Å². The van der Waals surface area contributed by atoms with Crippen molar-refractivity contribution in [1.82, 2.24) is 5.32 Å². The molecular formula is C15H22FNO2. The minimum absolute atomic E-state index is 0.118. The number of amides is 1. The summed E-state index contributed by atoms with van der Waals surface area (Å²) in [7, 11) is 0. The number of aliphatic hydroxyl groups excluding tert-OH is 1. The molecule has 0 bridgehead atoms. The summed E-state index contributed by atoms with van der Waals surface area (Å²) in [5, 5.41) is 12.6. The van der Waals surface area contributed by atoms with Gasteiger partial charge < -0.3 is 10.4 Å². The van der Waals surface area contributed by atoms with Gasteiger partial charge in [-0.15, -0.1) is 0 Å². The number of carbonyl (C=O) groups excluding carboxylic acids is 1. The minimum atomic E-state index is -0.446. The van der Waals surface area contributed by atoms with E-state index in [9.17, 15) is 14.3 Å². The van der Waals surface area contributed by atoms with E-state index in [1.54, 1.807) is 12.1 Å². The summed E-state index contributed by atoms with van der Waals surface area (Å²) in [6, 6.07) is 5.87. The number of halogens is 1. The van der Waals surface area contributed by atoms with E-state index in [0.717, 1.165) is 5.56 Å². The topological polar surface area (TPSA) is 49.3 Å². The third kappa shape index (κ3) is 5.83. The van der Waals surface area contributed by atoms with Crippen LogP contribution in [0.25, 0.3) is 0 Å². The van der Waals surface area contributed by atoms with Crippen LogP contribution in [0.15, 0.2) is 24.3 Å². The quantitative estimate of drug-likeness (QED) is 0.860. The highest BCUT2D eigenvalue weighted by Crippen LogP contribution is 2.20. The standard InChI is InChI=1S/C15H22FNO2/c1-15(2,3)13(18)8-9-17-14(19)10-11-4-6-12(16)7-5-11/h4-7,13,18H,8-10H2,1-3H3,(H,17,19)/t13-/m1/s1. The summed E-state index contributed by atoms with van der Waals surface area (Å²) < 4.78 is 12.7. The number of aliphatic hydroxyl groups is 1. The molecule has 0 spiro atoms. The Morgan fingerprint density at radius 3 is 2.42 bits per heavy atom. The molecule has 0 aliphatic carbocycles. The fourth-order valence-electron chi connectivity index (χ4n) is 1.63. The van der Waals surface area contributed by atoms with Crippen LogP contribution in [0.2, 0.25) is 0 Å². The van der Waals surface area contributed by atoms with E-state index >= 15 is 0 Å². The lowest BCUT2D eigenvalue weighted by Crippen LogP contribution is -2.33. The second-order valence-corrected chi connectivity index (χ2v) is 5.82. The second-order valence-electron chi connectivity index (χ2n) is 5.82. The van der Waals surface area contributed by atoms with E-state index in [0.29, 0.717) is 13.0 Å². The first-order valence-corrected chi connectivity index (χ1v) is 6.48. The van der Waals surface area contributed by atoms with Crippen LogP contribution in [-0.4, -0.2) is 23.7 Å². The van der Waals surface area contributed by atoms with Crippen LogP contribution in [0, 0.1) is 11.2 Å². The average molecular weight is 267 g/mol. The molecule has 0 saturated carbocycles. The Hall–Kier alpha value is -1.42. The fourth-order valence-corrected chi connectivity index (χ4v) is 1.63. The van der Waals surface area contributed by atoms with Crippen molar-refractivity contribution in [3.05, 3.63) is 35.6 Å². The molecule has 1 aromatic carbocycles. The maximum Gasteiger partial charge on any atom is 0.224 e. The van der Waals surface area contributed by atoms with Crippen molar-refractivity contribution in [2.24, 2.45) is 5.41 Å². The summed E-state index contributed by atoms with van der Waals surface area (Å²) >= 11 is 0. The van der Waals surface area contributed by atoms with E-state index in [1.807, 2.05) is 20.8 Å². The van der Waals surface area contributed by atoms with Crippen LogP contribution in [0.3, 0.4) is 0 Å². The lowest BCUT2D eigenvalue weighted by Gasteiger charge is -2.25. The predicted octanol–water partition coefficient (Wildman–Crippen LogP) is 2.28. The monoisotopic (exact) mass is 267 g/mol. The smallest absolute Gasteiger partial charge is 0.224 e. The zero-order valence-corrected chi connectivity index (χ0v) is 11.7. The lowest BCUT2D eigenvalue weighted by molar-refractivity contribution is -0.120. The van der Waals surface area contributed by atoms with Gasteiger partial charge in [0.1, 0.15) is 5.82 Å². The molecule has 0 aliphatic heterocycles. The molecule has 1 aromatic rings. The second kappa shape index (κ2) is 6.66. The summed E-state index contributed by atoms with van der Waals surface area (Å²) in [6.45, 7) is 6.31. The third-order valence-electron chi connectivity index (χ3n) is 3.02. The van der Waals surface area contributed by atoms with Gasteiger partial charge in [-0.2, -0.15) is 0 Å². The largest absolute Gasteiger partial charge is 0.393 e. The van der Waals surface area contributed by atoms with Crippen LogP contribution >= 0.6 is 0 Å². The van der Waals surface area contributed by atoms with Crippen LogP contribution < -0.4 is 5.32 Å². The molecular weight excluding hydrogens is 245 g/mol. The van der Waals surface area contributed by atoms with Gasteiger partial charge in [-0.05, 0) is 29.5 Å². The van der Waals surface area contributed by atoms with Gasteiger partial charge in [-0.3, -0.25) is 4.79 Å². The summed E-state index contributed by atoms with van der Waals surface area (Å²) in [5.74, 6) is -0.426. The van der Waals surface area contributed by atoms with Crippen LogP contribution in [0.4, 0.5) is 4.39 Å². The molecule has 4 heteroatoms. The molecule has 1 rings (SSSR count). The lowest BCUT2D eigenvalue weighted by atomic mass is 9.87. The number of carbonyl (C=O) groups is 1. The van der Waals surface area contributed by atoms with Crippen LogP contribution in [0.5, 0.6) is 0 Å². The van der Waals surface area contributed by atoms with Crippen molar-refractivity contribution in [3.63, 3.8) is 0 Å². The van der Waals surface area contributed by atoms with E-state index < -0.39 is 6.10 Å². The highest BCUT2D eigenvalue weighted by Gasteiger charge is 2.21. The van der Waals surface area contributed by atoms with Crippen molar-refractivity contribution in [2.75, 3.05) is 6.54 Å². The Kier molecular flexibility index (Phi) is 5.48. The number of nitrogens with one attached hydrogen (secondary N) is 1. The Morgan fingerprint density at radius 1 is 1.32 bits per heavy atom. The zero-order valence-electron chi connectivity index (χ0n) is 11.7. The first kappa shape index (κ1) is 15.6. The van der Waals surface area contributed by atoms with Gasteiger partial charge in [0.2, 0.25) is 5.91 Å². The molecule has 0 saturated heterocycles. The number of hydrogen-bond donors (Lipinski definition) is 2. The molecule has 106 valence electrons. The molecule has 1 atom stereocenters. The van der Waals surface area contributed by atoms with Gasteiger partial charge in [-0.1, -0.05) is 32.9 Å². The summed E-state index contributed by atoms with van der Waals surface area (Å²) in [6.07, 6.45) is 0.309. The molecule has 0 unspecified atom stereocenters. The number of rotatable bonds is 5. The Bertz CT molecular complexity index is 409. The normalized spacial score (nSPS) is 13.1. The van der Waals surface area contributed by atoms with Crippen molar-refractivity contribution in [3.8, 4) is 0 Å². The average Bonchev–Trinajstić information content (AvgIpc) is 2.31. The van der Waals surface area contributed by atoms with E-state index in [1.165, 1.54) is 12.1 Å². The first-order chi connectivity index (χ1) is 8.79. The van der Waals surface area contributed by atoms with Crippen molar-refractivity contribution in [2.45, 2.75) is 39.7 Å². The maximum atomic E-state index is 12.7. The first-order valence-electron chi connectivity index (χ1n) is 6.48. The van der Waals surface area contributed by atoms with E-state index in [2.05, 4.69) is 5.32 Å². The third-order valence-corrected chi connectivity index (χ3v) is 3.02. The highest BCUT2D eigenvalue weighted by molar-refractivity contribution is 5.78. The molecule has 19 heavy (non-hydrogen) atoms. The number of benzene rings is 1. The number of hydrogen-bond acceptors (Lipinski definition) is 2. The maximum absolute atomic E-state index is 12.7. The molecule has 0 radical (unpaired) electrons. The molecule has 0 fully saturated rings. The Morgan fingerprint density at radius 2 is 1.89 bits per heavy atom. The van der Waals surface area contributed by atoms with Gasteiger partial charge in [-0.25, -0.2) is 4.39 Å². The van der Waals surface area contributed by atoms with Gasteiger partial charge >= 0.3 is 0 Å². The minimum Gasteiger partial charge on any atom is -0.393 e. The van der Waals surface area contributed by atoms with Crippen molar-refractivity contribution >= 4 is 5.91 Å². The van der Waals surface area contributed by atoms with Gasteiger partial charge in [0.25, 0.3) is 0 Å². The van der Waals surface area contributed by atoms with E-state index in [-0.39, 0.29) is 23.6 Å². The van der Waals surface area contributed by atoms with Gasteiger partial charge in [0.15, 0.2) is 0 Å².